The topological polar surface area (TPSA) is 32.3 Å². The van der Waals surface area contributed by atoms with E-state index in [9.17, 15) is 4.21 Å². The molecule has 1 heterocycles. The molecule has 0 spiro atoms. The molecule has 4 heteroatoms. The van der Waals surface area contributed by atoms with E-state index in [0.717, 1.165) is 23.7 Å². The summed E-state index contributed by atoms with van der Waals surface area (Å²) >= 11 is 0. The van der Waals surface area contributed by atoms with Crippen molar-refractivity contribution < 1.29 is 4.21 Å². The molecule has 2 atom stereocenters. The molecule has 0 amide bonds. The number of benzene rings is 2. The Bertz CT molecular complexity index is 678. The zero-order valence-electron chi connectivity index (χ0n) is 13.8. The second kappa shape index (κ2) is 7.18. The fourth-order valence-corrected chi connectivity index (χ4v) is 3.57. The molecule has 2 aromatic rings. The Balaban J connectivity index is 1.70. The molecule has 3 nitrogen and oxygen atoms in total. The third-order valence-corrected chi connectivity index (χ3v) is 5.35. The van der Waals surface area contributed by atoms with E-state index >= 15 is 0 Å². The second-order valence-electron chi connectivity index (χ2n) is 6.13. The van der Waals surface area contributed by atoms with Gasteiger partial charge in [-0.3, -0.25) is 4.21 Å². The molecule has 1 N–H and O–H groups in total. The van der Waals surface area contributed by atoms with Crippen LogP contribution < -0.4 is 10.2 Å². The average Bonchev–Trinajstić information content (AvgIpc) is 3.10. The predicted octanol–water partition coefficient (Wildman–Crippen LogP) is 4.20. The first kappa shape index (κ1) is 16.1. The van der Waals surface area contributed by atoms with Crippen LogP contribution in [0.15, 0.2) is 53.4 Å². The van der Waals surface area contributed by atoms with Crippen molar-refractivity contribution in [3.63, 3.8) is 0 Å². The van der Waals surface area contributed by atoms with Crippen molar-refractivity contribution in [2.45, 2.75) is 30.7 Å². The van der Waals surface area contributed by atoms with Crippen LogP contribution in [0.5, 0.6) is 0 Å². The van der Waals surface area contributed by atoms with Crippen LogP contribution >= 0.6 is 0 Å². The van der Waals surface area contributed by atoms with Gasteiger partial charge in [0.15, 0.2) is 0 Å². The van der Waals surface area contributed by atoms with Gasteiger partial charge in [-0.1, -0.05) is 18.2 Å². The molecule has 23 heavy (non-hydrogen) atoms. The van der Waals surface area contributed by atoms with Crippen molar-refractivity contribution in [3.05, 3.63) is 54.1 Å². The summed E-state index contributed by atoms with van der Waals surface area (Å²) in [6, 6.07) is 16.9. The minimum absolute atomic E-state index is 0.211. The zero-order valence-corrected chi connectivity index (χ0v) is 14.6. The molecule has 1 saturated heterocycles. The van der Waals surface area contributed by atoms with Gasteiger partial charge in [-0.15, -0.1) is 0 Å². The van der Waals surface area contributed by atoms with Crippen LogP contribution in [0.4, 0.5) is 11.4 Å². The summed E-state index contributed by atoms with van der Waals surface area (Å²) in [5.41, 5.74) is 3.65. The average molecular weight is 328 g/mol. The van der Waals surface area contributed by atoms with Crippen molar-refractivity contribution in [3.8, 4) is 0 Å². The Morgan fingerprint density at radius 3 is 2.43 bits per heavy atom. The smallest absolute Gasteiger partial charge is 0.0498 e. The molecule has 0 aromatic heterocycles. The van der Waals surface area contributed by atoms with Gasteiger partial charge in [0.05, 0.1) is 0 Å². The van der Waals surface area contributed by atoms with Gasteiger partial charge in [0.25, 0.3) is 0 Å². The SMILES string of the molecule is C[C@@H](Nc1cccc(N2CCCC2)c1)c1ccc([S@@](C)=O)cc1. The molecule has 0 aliphatic carbocycles. The van der Waals surface area contributed by atoms with Crippen LogP contribution in [0.3, 0.4) is 0 Å². The lowest BCUT2D eigenvalue weighted by molar-refractivity contribution is 0.686. The molecule has 3 rings (SSSR count). The highest BCUT2D eigenvalue weighted by Gasteiger charge is 2.13. The number of anilines is 2. The van der Waals surface area contributed by atoms with Crippen LogP contribution in [0, 0.1) is 0 Å². The number of nitrogens with one attached hydrogen (secondary N) is 1. The molecule has 1 aliphatic heterocycles. The lowest BCUT2D eigenvalue weighted by atomic mass is 10.1. The van der Waals surface area contributed by atoms with Gasteiger partial charge in [0.1, 0.15) is 0 Å². The molecule has 1 aliphatic rings. The Morgan fingerprint density at radius 1 is 1.09 bits per heavy atom. The first-order chi connectivity index (χ1) is 11.1. The minimum atomic E-state index is -0.919. The van der Waals surface area contributed by atoms with Crippen molar-refractivity contribution in [2.24, 2.45) is 0 Å². The molecule has 122 valence electrons. The predicted molar refractivity (Wildman–Crippen MR) is 98.7 cm³/mol. The van der Waals surface area contributed by atoms with Crippen molar-refractivity contribution in [1.82, 2.24) is 0 Å². The Kier molecular flexibility index (Phi) is 5.01. The zero-order chi connectivity index (χ0) is 16.2. The van der Waals surface area contributed by atoms with Gasteiger partial charge in [-0.05, 0) is 55.7 Å². The third-order valence-electron chi connectivity index (χ3n) is 4.41. The Morgan fingerprint density at radius 2 is 1.78 bits per heavy atom. The van der Waals surface area contributed by atoms with E-state index in [2.05, 4.69) is 53.5 Å². The first-order valence-electron chi connectivity index (χ1n) is 8.18. The molecule has 2 aromatic carbocycles. The molecule has 0 unspecified atom stereocenters. The highest BCUT2D eigenvalue weighted by molar-refractivity contribution is 7.84. The molecule has 1 fully saturated rings. The standard InChI is InChI=1S/C19H24N2OS/c1-15(16-8-10-19(11-9-16)23(2)22)20-17-6-5-7-18(14-17)21-12-3-4-13-21/h5-11,14-15,20H,3-4,12-13H2,1-2H3/t15-,23-/m1/s1. The Labute approximate surface area is 141 Å². The van der Waals surface area contributed by atoms with Crippen molar-refractivity contribution >= 4 is 22.2 Å². The highest BCUT2D eigenvalue weighted by atomic mass is 32.2. The monoisotopic (exact) mass is 328 g/mol. The van der Waals surface area contributed by atoms with E-state index in [-0.39, 0.29) is 6.04 Å². The number of nitrogens with zero attached hydrogens (tertiary/aromatic N) is 1. The van der Waals surface area contributed by atoms with Gasteiger partial charge >= 0.3 is 0 Å². The van der Waals surface area contributed by atoms with E-state index in [0.29, 0.717) is 0 Å². The van der Waals surface area contributed by atoms with Gasteiger partial charge < -0.3 is 10.2 Å². The van der Waals surface area contributed by atoms with Crippen LogP contribution in [-0.4, -0.2) is 23.6 Å². The summed E-state index contributed by atoms with van der Waals surface area (Å²) in [5, 5.41) is 3.57. The van der Waals surface area contributed by atoms with Gasteiger partial charge in [-0.25, -0.2) is 0 Å². The maximum atomic E-state index is 11.5. The summed E-state index contributed by atoms with van der Waals surface area (Å²) in [4.78, 5) is 3.32. The van der Waals surface area contributed by atoms with E-state index in [1.807, 2.05) is 12.1 Å². The summed E-state index contributed by atoms with van der Waals surface area (Å²) in [6.45, 7) is 4.48. The van der Waals surface area contributed by atoms with E-state index in [4.69, 9.17) is 0 Å². The second-order valence-corrected chi connectivity index (χ2v) is 7.51. The Hall–Kier alpha value is -1.81. The van der Waals surface area contributed by atoms with Crippen molar-refractivity contribution in [2.75, 3.05) is 29.6 Å². The van der Waals surface area contributed by atoms with E-state index in [1.54, 1.807) is 6.26 Å². The normalized spacial score (nSPS) is 17.0. The maximum absolute atomic E-state index is 11.5. The molecular weight excluding hydrogens is 304 g/mol. The molecule has 0 bridgehead atoms. The largest absolute Gasteiger partial charge is 0.378 e. The summed E-state index contributed by atoms with van der Waals surface area (Å²) in [5.74, 6) is 0. The molecule has 0 radical (unpaired) electrons. The highest BCUT2D eigenvalue weighted by Crippen LogP contribution is 2.26. The maximum Gasteiger partial charge on any atom is 0.0498 e. The van der Waals surface area contributed by atoms with Crippen molar-refractivity contribution in [1.29, 1.82) is 0 Å². The lowest BCUT2D eigenvalue weighted by Gasteiger charge is -2.21. The summed E-state index contributed by atoms with van der Waals surface area (Å²) in [7, 11) is -0.919. The van der Waals surface area contributed by atoms with Gasteiger partial charge in [0.2, 0.25) is 0 Å². The van der Waals surface area contributed by atoms with Gasteiger partial charge in [-0.2, -0.15) is 0 Å². The molecule has 0 saturated carbocycles. The summed E-state index contributed by atoms with van der Waals surface area (Å²) < 4.78 is 11.5. The number of hydrogen-bond acceptors (Lipinski definition) is 3. The van der Waals surface area contributed by atoms with E-state index < -0.39 is 10.8 Å². The minimum Gasteiger partial charge on any atom is -0.378 e. The molecular formula is C19H24N2OS. The fraction of sp³-hybridized carbons (Fsp3) is 0.368. The van der Waals surface area contributed by atoms with Crippen LogP contribution in [0.25, 0.3) is 0 Å². The van der Waals surface area contributed by atoms with Crippen LogP contribution in [-0.2, 0) is 10.8 Å². The van der Waals surface area contributed by atoms with E-state index in [1.165, 1.54) is 24.1 Å². The number of hydrogen-bond donors (Lipinski definition) is 1. The fourth-order valence-electron chi connectivity index (χ4n) is 3.05. The first-order valence-corrected chi connectivity index (χ1v) is 9.74. The third kappa shape index (κ3) is 3.94. The van der Waals surface area contributed by atoms with Crippen LogP contribution in [0.1, 0.15) is 31.4 Å². The quantitative estimate of drug-likeness (QED) is 0.893. The van der Waals surface area contributed by atoms with Gasteiger partial charge in [0, 0.05) is 52.5 Å². The van der Waals surface area contributed by atoms with Crippen LogP contribution in [0.2, 0.25) is 0 Å². The summed E-state index contributed by atoms with van der Waals surface area (Å²) in [6.07, 6.45) is 4.29. The number of rotatable bonds is 5. The lowest BCUT2D eigenvalue weighted by Crippen LogP contribution is -2.17.